The molecule has 1 aromatic carbocycles. The van der Waals surface area contributed by atoms with Gasteiger partial charge in [0.25, 0.3) is 0 Å². The highest BCUT2D eigenvalue weighted by atomic mass is 35.5. The molecule has 0 amide bonds. The second kappa shape index (κ2) is 7.67. The van der Waals surface area contributed by atoms with E-state index < -0.39 is 15.4 Å². The Balaban J connectivity index is 1.55. The molecule has 31 heavy (non-hydrogen) atoms. The number of ether oxygens (including phenoxy) is 1. The summed E-state index contributed by atoms with van der Waals surface area (Å²) < 4.78 is 30.3. The first-order valence-corrected chi connectivity index (χ1v) is 13.3. The molecule has 168 valence electrons. The van der Waals surface area contributed by atoms with Crippen LogP contribution in [0.1, 0.15) is 46.0 Å². The second-order valence-electron chi connectivity index (χ2n) is 10.4. The minimum atomic E-state index is -3.06. The van der Waals surface area contributed by atoms with Crippen LogP contribution < -0.4 is 4.74 Å². The Hall–Kier alpha value is -1.78. The molecule has 1 aromatic rings. The van der Waals surface area contributed by atoms with E-state index in [0.717, 1.165) is 32.1 Å². The highest BCUT2D eigenvalue weighted by Gasteiger charge is 2.58. The first-order valence-electron chi connectivity index (χ1n) is 10.8. The van der Waals surface area contributed by atoms with Crippen LogP contribution in [-0.2, 0) is 9.84 Å². The fourth-order valence-electron chi connectivity index (χ4n) is 6.72. The zero-order valence-electron chi connectivity index (χ0n) is 18.3. The number of halogens is 1. The van der Waals surface area contributed by atoms with Gasteiger partial charge < -0.3 is 4.74 Å². The number of amidine groups is 1. The van der Waals surface area contributed by atoms with Crippen molar-refractivity contribution in [3.05, 3.63) is 29.3 Å². The summed E-state index contributed by atoms with van der Waals surface area (Å²) in [4.78, 5) is 1.55. The highest BCUT2D eigenvalue weighted by molar-refractivity contribution is 7.90. The van der Waals surface area contributed by atoms with E-state index in [9.17, 15) is 13.7 Å². The van der Waals surface area contributed by atoms with Gasteiger partial charge in [-0.05, 0) is 93.4 Å². The average molecular weight is 464 g/mol. The van der Waals surface area contributed by atoms with Gasteiger partial charge in [0, 0.05) is 11.3 Å². The van der Waals surface area contributed by atoms with Gasteiger partial charge in [0.1, 0.15) is 15.6 Å². The van der Waals surface area contributed by atoms with E-state index in [1.165, 1.54) is 6.26 Å². The van der Waals surface area contributed by atoms with Crippen molar-refractivity contribution in [2.75, 3.05) is 12.0 Å². The molecule has 0 aromatic heterocycles. The maximum Gasteiger partial charge on any atom is 0.185 e. The summed E-state index contributed by atoms with van der Waals surface area (Å²) in [6.45, 7) is 3.60. The van der Waals surface area contributed by atoms with Gasteiger partial charge in [-0.2, -0.15) is 5.26 Å². The molecule has 4 saturated carbocycles. The molecule has 5 rings (SSSR count). The monoisotopic (exact) mass is 463 g/mol. The van der Waals surface area contributed by atoms with Crippen molar-refractivity contribution in [1.29, 1.82) is 10.7 Å². The van der Waals surface area contributed by atoms with E-state index in [4.69, 9.17) is 21.7 Å². The van der Waals surface area contributed by atoms with Gasteiger partial charge in [-0.1, -0.05) is 11.6 Å². The number of nitrogens with one attached hydrogen (secondary N) is 1. The van der Waals surface area contributed by atoms with Gasteiger partial charge in [0.05, 0.1) is 11.8 Å². The van der Waals surface area contributed by atoms with Crippen molar-refractivity contribution in [2.45, 2.75) is 57.6 Å². The van der Waals surface area contributed by atoms with Crippen molar-refractivity contribution >= 4 is 27.3 Å². The smallest absolute Gasteiger partial charge is 0.185 e. The average Bonchev–Trinajstić information content (AvgIpc) is 2.63. The van der Waals surface area contributed by atoms with Crippen LogP contribution in [0.25, 0.3) is 0 Å². The number of hydrogen-bond acceptors (Lipinski definition) is 5. The summed E-state index contributed by atoms with van der Waals surface area (Å²) in [5, 5.41) is 19.5. The maximum atomic E-state index is 12.1. The summed E-state index contributed by atoms with van der Waals surface area (Å²) in [6.07, 6.45) is 8.26. The first-order chi connectivity index (χ1) is 14.4. The SMILES string of the molecule is CC(C)(Oc1ccc(Cl)cc1)C(=N)N(C#N)C1C2CC3CC1CC(CS(C)(=O)=O)(C3)C2. The van der Waals surface area contributed by atoms with Crippen LogP contribution in [-0.4, -0.2) is 42.8 Å². The molecule has 0 radical (unpaired) electrons. The Morgan fingerprint density at radius 1 is 1.26 bits per heavy atom. The lowest BCUT2D eigenvalue weighted by Crippen LogP contribution is -2.62. The third-order valence-electron chi connectivity index (χ3n) is 7.32. The number of benzene rings is 1. The maximum absolute atomic E-state index is 12.1. The fraction of sp³-hybridized carbons (Fsp3) is 0.652. The standard InChI is InChI=1S/C23H30ClN3O3S/c1-22(2,30-19-6-4-18(24)5-7-19)21(26)27(14-25)20-16-8-15-9-17(20)12-23(10-15,11-16)13-31(3,28)29/h4-7,15-17,20,26H,8-13H2,1-3H3. The van der Waals surface area contributed by atoms with E-state index >= 15 is 0 Å². The van der Waals surface area contributed by atoms with Crippen LogP contribution >= 0.6 is 11.6 Å². The quantitative estimate of drug-likeness (QED) is 0.290. The minimum absolute atomic E-state index is 0.0603. The molecule has 0 heterocycles. The third-order valence-corrected chi connectivity index (χ3v) is 8.71. The van der Waals surface area contributed by atoms with E-state index in [-0.39, 0.29) is 34.9 Å². The Kier molecular flexibility index (Phi) is 5.54. The van der Waals surface area contributed by atoms with Crippen LogP contribution in [0.15, 0.2) is 24.3 Å². The van der Waals surface area contributed by atoms with E-state index in [1.807, 2.05) is 0 Å². The number of sulfone groups is 1. The number of nitrogens with zero attached hydrogens (tertiary/aromatic N) is 2. The van der Waals surface area contributed by atoms with E-state index in [0.29, 0.717) is 16.7 Å². The summed E-state index contributed by atoms with van der Waals surface area (Å²) in [6, 6.07) is 6.92. The van der Waals surface area contributed by atoms with Crippen LogP contribution in [0.2, 0.25) is 5.02 Å². The Labute approximate surface area is 189 Å². The number of hydrogen-bond donors (Lipinski definition) is 1. The summed E-state index contributed by atoms with van der Waals surface area (Å²) in [5.41, 5.74) is -1.15. The Morgan fingerprint density at radius 2 is 1.84 bits per heavy atom. The molecule has 4 bridgehead atoms. The Morgan fingerprint density at radius 3 is 2.35 bits per heavy atom. The van der Waals surface area contributed by atoms with Crippen molar-refractivity contribution in [3.63, 3.8) is 0 Å². The van der Waals surface area contributed by atoms with Gasteiger partial charge in [-0.15, -0.1) is 0 Å². The van der Waals surface area contributed by atoms with Gasteiger partial charge in [-0.3, -0.25) is 10.3 Å². The number of rotatable bonds is 6. The van der Waals surface area contributed by atoms with Crippen molar-refractivity contribution < 1.29 is 13.2 Å². The number of nitriles is 1. The lowest BCUT2D eigenvalue weighted by Gasteiger charge is -2.61. The molecular weight excluding hydrogens is 434 g/mol. The zero-order valence-corrected chi connectivity index (χ0v) is 19.8. The topological polar surface area (TPSA) is 94.2 Å². The van der Waals surface area contributed by atoms with Crippen molar-refractivity contribution in [1.82, 2.24) is 4.90 Å². The van der Waals surface area contributed by atoms with Crippen LogP contribution in [0, 0.1) is 40.0 Å². The van der Waals surface area contributed by atoms with Crippen molar-refractivity contribution in [3.8, 4) is 11.9 Å². The summed E-state index contributed by atoms with van der Waals surface area (Å²) >= 11 is 5.95. The predicted octanol–water partition coefficient (Wildman–Crippen LogP) is 4.50. The van der Waals surface area contributed by atoms with Crippen LogP contribution in [0.4, 0.5) is 0 Å². The largest absolute Gasteiger partial charge is 0.480 e. The third kappa shape index (κ3) is 4.42. The second-order valence-corrected chi connectivity index (χ2v) is 13.0. The highest BCUT2D eigenvalue weighted by Crippen LogP contribution is 2.61. The molecule has 0 saturated heterocycles. The summed E-state index contributed by atoms with van der Waals surface area (Å²) in [7, 11) is -3.06. The van der Waals surface area contributed by atoms with Gasteiger partial charge in [-0.25, -0.2) is 8.42 Å². The molecule has 4 aliphatic rings. The molecular formula is C23H30ClN3O3S. The molecule has 8 heteroatoms. The Bertz CT molecular complexity index is 999. The van der Waals surface area contributed by atoms with Gasteiger partial charge in [0.15, 0.2) is 17.6 Å². The van der Waals surface area contributed by atoms with E-state index in [1.54, 1.807) is 43.0 Å². The summed E-state index contributed by atoms with van der Waals surface area (Å²) in [5.74, 6) is 1.97. The normalized spacial score (nSPS) is 31.8. The molecule has 2 unspecified atom stereocenters. The minimum Gasteiger partial charge on any atom is -0.480 e. The van der Waals surface area contributed by atoms with Crippen molar-refractivity contribution in [2.24, 2.45) is 23.2 Å². The van der Waals surface area contributed by atoms with Gasteiger partial charge >= 0.3 is 0 Å². The lowest BCUT2D eigenvalue weighted by atomic mass is 9.48. The molecule has 4 fully saturated rings. The fourth-order valence-corrected chi connectivity index (χ4v) is 8.31. The molecule has 1 N–H and O–H groups in total. The van der Waals surface area contributed by atoms with E-state index in [2.05, 4.69) is 6.19 Å². The van der Waals surface area contributed by atoms with Gasteiger partial charge in [0.2, 0.25) is 0 Å². The zero-order chi connectivity index (χ0) is 22.6. The molecule has 4 aliphatic carbocycles. The predicted molar refractivity (Wildman–Crippen MR) is 121 cm³/mol. The van der Waals surface area contributed by atoms with Crippen LogP contribution in [0.5, 0.6) is 5.75 Å². The molecule has 0 spiro atoms. The first kappa shape index (κ1) is 22.4. The molecule has 0 aliphatic heterocycles. The van der Waals surface area contributed by atoms with Crippen LogP contribution in [0.3, 0.4) is 0 Å². The lowest BCUT2D eigenvalue weighted by molar-refractivity contribution is -0.0810. The molecule has 2 atom stereocenters. The molecule has 6 nitrogen and oxygen atoms in total.